The zero-order chi connectivity index (χ0) is 15.8. The molecule has 116 valence electrons. The van der Waals surface area contributed by atoms with Gasteiger partial charge in [-0.05, 0) is 17.7 Å². The lowest BCUT2D eigenvalue weighted by Crippen LogP contribution is -2.06. The molecule has 0 heterocycles. The molecule has 0 saturated heterocycles. The van der Waals surface area contributed by atoms with Crippen molar-refractivity contribution in [2.45, 2.75) is 6.42 Å². The first-order chi connectivity index (χ1) is 10.7. The zero-order valence-corrected chi connectivity index (χ0v) is 13.3. The van der Waals surface area contributed by atoms with Crippen LogP contribution in [-0.4, -0.2) is 39.0 Å². The molecule has 2 aromatic rings. The number of hydrogen-bond acceptors (Lipinski definition) is 4. The van der Waals surface area contributed by atoms with Crippen LogP contribution in [0.3, 0.4) is 0 Å². The number of methoxy groups -OCH3 is 1. The Labute approximate surface area is 132 Å². The van der Waals surface area contributed by atoms with Crippen LogP contribution in [0.2, 0.25) is 0 Å². The molecule has 0 aliphatic rings. The summed E-state index contributed by atoms with van der Waals surface area (Å²) in [5.74, 6) is 1.45. The summed E-state index contributed by atoms with van der Waals surface area (Å²) in [5, 5.41) is 6.01. The van der Waals surface area contributed by atoms with Gasteiger partial charge in [-0.3, -0.25) is 0 Å². The van der Waals surface area contributed by atoms with Gasteiger partial charge in [0.25, 0.3) is 0 Å². The second kappa shape index (κ2) is 8.08. The molecule has 0 aliphatic carbocycles. The van der Waals surface area contributed by atoms with Gasteiger partial charge in [0.2, 0.25) is 0 Å². The van der Waals surface area contributed by atoms with E-state index >= 15 is 0 Å². The molecule has 0 N–H and O–H groups in total. The van der Waals surface area contributed by atoms with Crippen LogP contribution in [0, 0.1) is 0 Å². The summed E-state index contributed by atoms with van der Waals surface area (Å²) in [6.07, 6.45) is 2.63. The smallest absolute Gasteiger partial charge is 0.169 e. The standard InChI is InChI=1S/C18H22N2O2/c1-20(2)19-14-16-10-7-11-17(21-3)18(16)22-13-12-15-8-5-4-6-9-15/h4-11,14H,12-13H2,1-3H3/b19-14+. The molecular formula is C18H22N2O2. The highest BCUT2D eigenvalue weighted by atomic mass is 16.5. The number of rotatable bonds is 7. The summed E-state index contributed by atoms with van der Waals surface area (Å²) >= 11 is 0. The van der Waals surface area contributed by atoms with Crippen molar-refractivity contribution in [3.8, 4) is 11.5 Å². The summed E-state index contributed by atoms with van der Waals surface area (Å²) in [5.41, 5.74) is 2.15. The maximum atomic E-state index is 5.96. The van der Waals surface area contributed by atoms with Gasteiger partial charge in [0.1, 0.15) is 0 Å². The molecule has 0 saturated carbocycles. The summed E-state index contributed by atoms with van der Waals surface area (Å²) in [7, 11) is 5.41. The Bertz CT molecular complexity index is 610. The van der Waals surface area contributed by atoms with E-state index in [1.165, 1.54) is 5.56 Å². The predicted octanol–water partition coefficient (Wildman–Crippen LogP) is 3.21. The van der Waals surface area contributed by atoms with E-state index in [1.54, 1.807) is 18.3 Å². The maximum Gasteiger partial charge on any atom is 0.169 e. The van der Waals surface area contributed by atoms with Gasteiger partial charge < -0.3 is 14.5 Å². The second-order valence-corrected chi connectivity index (χ2v) is 5.05. The first-order valence-electron chi connectivity index (χ1n) is 7.25. The van der Waals surface area contributed by atoms with E-state index in [-0.39, 0.29) is 0 Å². The van der Waals surface area contributed by atoms with E-state index in [9.17, 15) is 0 Å². The summed E-state index contributed by atoms with van der Waals surface area (Å²) in [4.78, 5) is 0. The van der Waals surface area contributed by atoms with Crippen LogP contribution in [-0.2, 0) is 6.42 Å². The molecule has 4 heteroatoms. The minimum atomic E-state index is 0.590. The highest BCUT2D eigenvalue weighted by Crippen LogP contribution is 2.30. The van der Waals surface area contributed by atoms with Crippen LogP contribution in [0.1, 0.15) is 11.1 Å². The molecular weight excluding hydrogens is 276 g/mol. The number of ether oxygens (including phenoxy) is 2. The van der Waals surface area contributed by atoms with Crippen LogP contribution in [0.5, 0.6) is 11.5 Å². The van der Waals surface area contributed by atoms with Gasteiger partial charge in [-0.2, -0.15) is 5.10 Å². The normalized spacial score (nSPS) is 10.7. The third-order valence-corrected chi connectivity index (χ3v) is 3.14. The summed E-state index contributed by atoms with van der Waals surface area (Å²) in [6.45, 7) is 0.590. The fraction of sp³-hybridized carbons (Fsp3) is 0.278. The van der Waals surface area contributed by atoms with Crippen LogP contribution in [0.25, 0.3) is 0 Å². The molecule has 0 aromatic heterocycles. The van der Waals surface area contributed by atoms with Crippen molar-refractivity contribution >= 4 is 6.21 Å². The third-order valence-electron chi connectivity index (χ3n) is 3.14. The monoisotopic (exact) mass is 298 g/mol. The Kier molecular flexibility index (Phi) is 5.83. The van der Waals surface area contributed by atoms with E-state index in [1.807, 2.05) is 50.5 Å². The molecule has 0 aliphatic heterocycles. The van der Waals surface area contributed by atoms with Crippen molar-refractivity contribution in [3.63, 3.8) is 0 Å². The predicted molar refractivity (Wildman–Crippen MR) is 89.9 cm³/mol. The van der Waals surface area contributed by atoms with Crippen LogP contribution in [0.4, 0.5) is 0 Å². The lowest BCUT2D eigenvalue weighted by Gasteiger charge is -2.13. The van der Waals surface area contributed by atoms with E-state index in [0.717, 1.165) is 23.5 Å². The van der Waals surface area contributed by atoms with Gasteiger partial charge in [-0.1, -0.05) is 36.4 Å². The van der Waals surface area contributed by atoms with Crippen molar-refractivity contribution in [1.29, 1.82) is 0 Å². The van der Waals surface area contributed by atoms with E-state index in [0.29, 0.717) is 6.61 Å². The number of benzene rings is 2. The van der Waals surface area contributed by atoms with Gasteiger partial charge in [0.05, 0.1) is 19.9 Å². The summed E-state index contributed by atoms with van der Waals surface area (Å²) in [6, 6.07) is 16.1. The number of nitrogens with zero attached hydrogens (tertiary/aromatic N) is 2. The van der Waals surface area contributed by atoms with Crippen LogP contribution >= 0.6 is 0 Å². The lowest BCUT2D eigenvalue weighted by atomic mass is 10.1. The van der Waals surface area contributed by atoms with Crippen molar-refractivity contribution < 1.29 is 9.47 Å². The Balaban J connectivity index is 2.10. The minimum absolute atomic E-state index is 0.590. The fourth-order valence-corrected chi connectivity index (χ4v) is 2.04. The van der Waals surface area contributed by atoms with Crippen molar-refractivity contribution in [1.82, 2.24) is 5.01 Å². The zero-order valence-electron chi connectivity index (χ0n) is 13.3. The molecule has 22 heavy (non-hydrogen) atoms. The van der Waals surface area contributed by atoms with Crippen molar-refractivity contribution in [2.24, 2.45) is 5.10 Å². The highest BCUT2D eigenvalue weighted by Gasteiger charge is 2.09. The average Bonchev–Trinajstić information content (AvgIpc) is 2.54. The number of hydrazone groups is 1. The molecule has 0 amide bonds. The Hall–Kier alpha value is -2.49. The molecule has 0 bridgehead atoms. The first-order valence-corrected chi connectivity index (χ1v) is 7.25. The molecule has 0 unspecified atom stereocenters. The van der Waals surface area contributed by atoms with E-state index in [2.05, 4.69) is 17.2 Å². The molecule has 0 atom stereocenters. The molecule has 0 spiro atoms. The average molecular weight is 298 g/mol. The molecule has 0 fully saturated rings. The largest absolute Gasteiger partial charge is 0.493 e. The van der Waals surface area contributed by atoms with Crippen molar-refractivity contribution in [2.75, 3.05) is 27.8 Å². The SMILES string of the molecule is COc1cccc(/C=N/N(C)C)c1OCCc1ccccc1. The second-order valence-electron chi connectivity index (χ2n) is 5.05. The molecule has 4 nitrogen and oxygen atoms in total. The van der Waals surface area contributed by atoms with Gasteiger partial charge >= 0.3 is 0 Å². The third kappa shape index (κ3) is 4.52. The van der Waals surface area contributed by atoms with Crippen molar-refractivity contribution in [3.05, 3.63) is 59.7 Å². The van der Waals surface area contributed by atoms with Gasteiger partial charge in [0.15, 0.2) is 11.5 Å². The fourth-order valence-electron chi connectivity index (χ4n) is 2.04. The minimum Gasteiger partial charge on any atom is -0.493 e. The number of hydrogen-bond donors (Lipinski definition) is 0. The van der Waals surface area contributed by atoms with E-state index in [4.69, 9.17) is 9.47 Å². The number of para-hydroxylation sites is 1. The van der Waals surface area contributed by atoms with Crippen LogP contribution in [0.15, 0.2) is 53.6 Å². The topological polar surface area (TPSA) is 34.1 Å². The molecule has 2 aromatic carbocycles. The first kappa shape index (κ1) is 15.9. The van der Waals surface area contributed by atoms with Gasteiger partial charge in [0, 0.05) is 26.1 Å². The quantitative estimate of drug-likeness (QED) is 0.581. The maximum absolute atomic E-state index is 5.96. The summed E-state index contributed by atoms with van der Waals surface area (Å²) < 4.78 is 11.4. The highest BCUT2D eigenvalue weighted by molar-refractivity contribution is 5.84. The Morgan fingerprint density at radius 3 is 2.50 bits per heavy atom. The lowest BCUT2D eigenvalue weighted by molar-refractivity contribution is 0.297. The molecule has 0 radical (unpaired) electrons. The van der Waals surface area contributed by atoms with Gasteiger partial charge in [-0.25, -0.2) is 0 Å². The van der Waals surface area contributed by atoms with Gasteiger partial charge in [-0.15, -0.1) is 0 Å². The van der Waals surface area contributed by atoms with E-state index < -0.39 is 0 Å². The van der Waals surface area contributed by atoms with Crippen LogP contribution < -0.4 is 9.47 Å². The Morgan fingerprint density at radius 2 is 1.82 bits per heavy atom. The molecule has 2 rings (SSSR count). The Morgan fingerprint density at radius 1 is 1.05 bits per heavy atom.